The van der Waals surface area contributed by atoms with Crippen LogP contribution < -0.4 is 5.32 Å². The average molecular weight is 356 g/mol. The lowest BCUT2D eigenvalue weighted by Gasteiger charge is -2.12. The van der Waals surface area contributed by atoms with Crippen LogP contribution in [0.25, 0.3) is 21.9 Å². The first-order valence-corrected chi connectivity index (χ1v) is 9.03. The van der Waals surface area contributed by atoms with E-state index >= 15 is 0 Å². The lowest BCUT2D eigenvalue weighted by atomic mass is 10.2. The Kier molecular flexibility index (Phi) is 5.64. The topological polar surface area (TPSA) is 51.4 Å². The summed E-state index contributed by atoms with van der Waals surface area (Å²) in [5.74, 6) is -0.0276. The number of fused-ring (bicyclic) bond motifs is 3. The summed E-state index contributed by atoms with van der Waals surface area (Å²) < 4.78 is 9.51. The maximum Gasteiger partial charge on any atom is 0.268 e. The van der Waals surface area contributed by atoms with Gasteiger partial charge in [0, 0.05) is 32.6 Å². The molecule has 6 nitrogen and oxygen atoms in total. The molecule has 0 aliphatic carbocycles. The van der Waals surface area contributed by atoms with Crippen molar-refractivity contribution in [3.05, 3.63) is 36.0 Å². The SMILES string of the molecule is COCCn1c(C(=O)NCCCN(C)C)cc2c1c1ccccc1n2C. The van der Waals surface area contributed by atoms with Crippen LogP contribution in [-0.2, 0) is 18.3 Å². The number of para-hydroxylation sites is 1. The van der Waals surface area contributed by atoms with Crippen molar-refractivity contribution in [2.24, 2.45) is 7.05 Å². The van der Waals surface area contributed by atoms with Crippen molar-refractivity contribution in [3.63, 3.8) is 0 Å². The highest BCUT2D eigenvalue weighted by molar-refractivity contribution is 6.10. The van der Waals surface area contributed by atoms with E-state index in [1.807, 2.05) is 39.3 Å². The molecule has 0 saturated heterocycles. The lowest BCUT2D eigenvalue weighted by molar-refractivity contribution is 0.0941. The van der Waals surface area contributed by atoms with Gasteiger partial charge in [0.1, 0.15) is 5.69 Å². The number of carbonyl (C=O) groups is 1. The van der Waals surface area contributed by atoms with E-state index in [4.69, 9.17) is 4.74 Å². The molecule has 0 spiro atoms. The van der Waals surface area contributed by atoms with Gasteiger partial charge in [0.25, 0.3) is 5.91 Å². The van der Waals surface area contributed by atoms with Crippen LogP contribution in [-0.4, -0.2) is 60.8 Å². The fourth-order valence-corrected chi connectivity index (χ4v) is 3.46. The summed E-state index contributed by atoms with van der Waals surface area (Å²) in [7, 11) is 7.81. The van der Waals surface area contributed by atoms with Gasteiger partial charge in [-0.15, -0.1) is 0 Å². The number of hydrogen-bond donors (Lipinski definition) is 1. The van der Waals surface area contributed by atoms with Crippen LogP contribution in [0.2, 0.25) is 0 Å². The molecule has 0 aliphatic heterocycles. The predicted molar refractivity (Wildman–Crippen MR) is 106 cm³/mol. The molecular weight excluding hydrogens is 328 g/mol. The molecule has 1 amide bonds. The second kappa shape index (κ2) is 7.93. The predicted octanol–water partition coefficient (Wildman–Crippen LogP) is 2.46. The number of benzene rings is 1. The molecule has 0 fully saturated rings. The average Bonchev–Trinajstić information content (AvgIpc) is 3.13. The number of nitrogens with zero attached hydrogens (tertiary/aromatic N) is 3. The maximum absolute atomic E-state index is 12.8. The highest BCUT2D eigenvalue weighted by Gasteiger charge is 2.20. The first-order chi connectivity index (χ1) is 12.5. The second-order valence-corrected chi connectivity index (χ2v) is 6.90. The van der Waals surface area contributed by atoms with Gasteiger partial charge < -0.3 is 24.1 Å². The summed E-state index contributed by atoms with van der Waals surface area (Å²) in [6.45, 7) is 2.84. The first-order valence-electron chi connectivity index (χ1n) is 9.03. The van der Waals surface area contributed by atoms with Crippen molar-refractivity contribution in [2.75, 3.05) is 40.9 Å². The summed E-state index contributed by atoms with van der Waals surface area (Å²) in [5, 5.41) is 4.21. The fourth-order valence-electron chi connectivity index (χ4n) is 3.46. The Labute approximate surface area is 154 Å². The number of nitrogens with one attached hydrogen (secondary N) is 1. The smallest absolute Gasteiger partial charge is 0.268 e. The normalized spacial score (nSPS) is 11.7. The molecule has 26 heavy (non-hydrogen) atoms. The molecule has 1 N–H and O–H groups in total. The van der Waals surface area contributed by atoms with Crippen molar-refractivity contribution < 1.29 is 9.53 Å². The molecule has 0 radical (unpaired) electrons. The molecule has 1 aromatic carbocycles. The highest BCUT2D eigenvalue weighted by Crippen LogP contribution is 2.31. The van der Waals surface area contributed by atoms with Gasteiger partial charge in [0.2, 0.25) is 0 Å². The maximum atomic E-state index is 12.8. The quantitative estimate of drug-likeness (QED) is 0.631. The van der Waals surface area contributed by atoms with Crippen LogP contribution in [0, 0.1) is 0 Å². The Morgan fingerprint density at radius 1 is 1.23 bits per heavy atom. The molecule has 2 aromatic heterocycles. The van der Waals surface area contributed by atoms with Gasteiger partial charge in [-0.25, -0.2) is 0 Å². The Balaban J connectivity index is 1.96. The summed E-state index contributed by atoms with van der Waals surface area (Å²) in [6.07, 6.45) is 0.931. The summed E-state index contributed by atoms with van der Waals surface area (Å²) in [5.41, 5.74) is 4.03. The van der Waals surface area contributed by atoms with Gasteiger partial charge in [-0.2, -0.15) is 0 Å². The molecule has 3 aromatic rings. The Bertz CT molecular complexity index is 907. The van der Waals surface area contributed by atoms with E-state index in [-0.39, 0.29) is 5.91 Å². The van der Waals surface area contributed by atoms with E-state index in [1.165, 1.54) is 5.52 Å². The zero-order valence-electron chi connectivity index (χ0n) is 16.1. The minimum absolute atomic E-state index is 0.0276. The number of rotatable bonds is 8. The molecule has 0 saturated carbocycles. The zero-order valence-corrected chi connectivity index (χ0v) is 16.1. The molecule has 2 heterocycles. The second-order valence-electron chi connectivity index (χ2n) is 6.90. The van der Waals surface area contributed by atoms with Gasteiger partial charge >= 0.3 is 0 Å². The van der Waals surface area contributed by atoms with Crippen LogP contribution in [0.1, 0.15) is 16.9 Å². The highest BCUT2D eigenvalue weighted by atomic mass is 16.5. The third-order valence-electron chi connectivity index (χ3n) is 4.78. The largest absolute Gasteiger partial charge is 0.383 e. The van der Waals surface area contributed by atoms with E-state index < -0.39 is 0 Å². The molecule has 0 aliphatic rings. The van der Waals surface area contributed by atoms with Crippen molar-refractivity contribution >= 4 is 27.8 Å². The molecule has 6 heteroatoms. The zero-order chi connectivity index (χ0) is 18.7. The minimum atomic E-state index is -0.0276. The van der Waals surface area contributed by atoms with Crippen molar-refractivity contribution in [1.29, 1.82) is 0 Å². The lowest BCUT2D eigenvalue weighted by Crippen LogP contribution is -2.29. The third-order valence-corrected chi connectivity index (χ3v) is 4.78. The van der Waals surface area contributed by atoms with Crippen LogP contribution in [0.3, 0.4) is 0 Å². The standard InChI is InChI=1S/C20H28N4O2/c1-22(2)11-7-10-21-20(25)18-14-17-19(24(18)12-13-26-4)15-8-5-6-9-16(15)23(17)3/h5-6,8-9,14H,7,10-13H2,1-4H3,(H,21,25). The van der Waals surface area contributed by atoms with Crippen molar-refractivity contribution in [2.45, 2.75) is 13.0 Å². The summed E-state index contributed by atoms with van der Waals surface area (Å²) in [4.78, 5) is 14.9. The molecule has 140 valence electrons. The number of carbonyl (C=O) groups excluding carboxylic acids is 1. The number of ether oxygens (including phenoxy) is 1. The van der Waals surface area contributed by atoms with E-state index in [9.17, 15) is 4.79 Å². The Morgan fingerprint density at radius 3 is 2.73 bits per heavy atom. The van der Waals surface area contributed by atoms with Crippen molar-refractivity contribution in [3.8, 4) is 0 Å². The Hall–Kier alpha value is -2.31. The molecule has 0 atom stereocenters. The van der Waals surface area contributed by atoms with Gasteiger partial charge in [-0.1, -0.05) is 18.2 Å². The summed E-state index contributed by atoms with van der Waals surface area (Å²) >= 11 is 0. The van der Waals surface area contributed by atoms with Crippen LogP contribution in [0.4, 0.5) is 0 Å². The van der Waals surface area contributed by atoms with Crippen molar-refractivity contribution in [1.82, 2.24) is 19.4 Å². The van der Waals surface area contributed by atoms with E-state index in [0.29, 0.717) is 25.4 Å². The number of amides is 1. The van der Waals surface area contributed by atoms with E-state index in [1.54, 1.807) is 7.11 Å². The van der Waals surface area contributed by atoms with Gasteiger partial charge in [-0.3, -0.25) is 4.79 Å². The number of aromatic nitrogens is 2. The number of aryl methyl sites for hydroxylation is 1. The fraction of sp³-hybridized carbons (Fsp3) is 0.450. The number of hydrogen-bond acceptors (Lipinski definition) is 3. The first kappa shape index (κ1) is 18.5. The molecule has 0 unspecified atom stereocenters. The number of methoxy groups -OCH3 is 1. The minimum Gasteiger partial charge on any atom is -0.383 e. The van der Waals surface area contributed by atoms with E-state index in [0.717, 1.165) is 29.4 Å². The van der Waals surface area contributed by atoms with Crippen LogP contribution in [0.5, 0.6) is 0 Å². The van der Waals surface area contributed by atoms with Crippen LogP contribution >= 0.6 is 0 Å². The monoisotopic (exact) mass is 356 g/mol. The summed E-state index contributed by atoms with van der Waals surface area (Å²) in [6, 6.07) is 10.3. The van der Waals surface area contributed by atoms with Gasteiger partial charge in [0.15, 0.2) is 0 Å². The molecule has 0 bridgehead atoms. The Morgan fingerprint density at radius 2 is 2.00 bits per heavy atom. The molecule has 3 rings (SSSR count). The van der Waals surface area contributed by atoms with Gasteiger partial charge in [-0.05, 0) is 39.2 Å². The van der Waals surface area contributed by atoms with Gasteiger partial charge in [0.05, 0.1) is 23.2 Å². The third kappa shape index (κ3) is 3.48. The van der Waals surface area contributed by atoms with E-state index in [2.05, 4.69) is 31.5 Å². The van der Waals surface area contributed by atoms with Crippen LogP contribution in [0.15, 0.2) is 30.3 Å². The molecular formula is C20H28N4O2.